The maximum absolute atomic E-state index is 13.2. The van der Waals surface area contributed by atoms with E-state index in [-0.39, 0.29) is 18.4 Å². The van der Waals surface area contributed by atoms with Crippen LogP contribution in [0, 0.1) is 19.7 Å². The maximum Gasteiger partial charge on any atom is 0.241 e. The van der Waals surface area contributed by atoms with Crippen LogP contribution in [0.15, 0.2) is 24.3 Å². The van der Waals surface area contributed by atoms with Gasteiger partial charge in [-0.2, -0.15) is 5.10 Å². The average molecular weight is 361 g/mol. The Morgan fingerprint density at radius 1 is 1.31 bits per heavy atom. The molecule has 0 saturated heterocycles. The lowest BCUT2D eigenvalue weighted by Gasteiger charge is -2.23. The Bertz CT molecular complexity index is 818. The molecule has 2 rings (SSSR count). The fraction of sp³-hybridized carbons (Fsp3) is 0.389. The summed E-state index contributed by atoms with van der Waals surface area (Å²) in [4.78, 5) is 26.2. The summed E-state index contributed by atoms with van der Waals surface area (Å²) in [7, 11) is 3.49. The molecule has 0 saturated carbocycles. The van der Waals surface area contributed by atoms with Crippen LogP contribution in [-0.2, 0) is 16.6 Å². The molecule has 0 bridgehead atoms. The van der Waals surface area contributed by atoms with Crippen molar-refractivity contribution in [2.45, 2.75) is 26.8 Å². The van der Waals surface area contributed by atoms with E-state index in [9.17, 15) is 14.0 Å². The lowest BCUT2D eigenvalue weighted by atomic mass is 10.2. The molecule has 0 aliphatic rings. The molecule has 0 aliphatic heterocycles. The number of amides is 2. The number of nitrogens with zero attached hydrogens (tertiary/aromatic N) is 3. The van der Waals surface area contributed by atoms with E-state index in [1.165, 1.54) is 18.2 Å². The third-order valence-electron chi connectivity index (χ3n) is 4.30. The van der Waals surface area contributed by atoms with E-state index in [2.05, 4.69) is 15.7 Å². The van der Waals surface area contributed by atoms with E-state index in [0.717, 1.165) is 11.4 Å². The molecule has 140 valence electrons. The smallest absolute Gasteiger partial charge is 0.241 e. The molecule has 0 fully saturated rings. The van der Waals surface area contributed by atoms with Crippen molar-refractivity contribution in [3.8, 4) is 0 Å². The number of nitrogens with one attached hydrogen (secondary N) is 2. The highest BCUT2D eigenvalue weighted by atomic mass is 19.1. The Labute approximate surface area is 152 Å². The van der Waals surface area contributed by atoms with Crippen LogP contribution in [-0.4, -0.2) is 46.1 Å². The van der Waals surface area contributed by atoms with E-state index in [0.29, 0.717) is 11.4 Å². The van der Waals surface area contributed by atoms with Crippen LogP contribution in [0.4, 0.5) is 15.8 Å². The molecule has 2 amide bonds. The minimum atomic E-state index is -0.535. The van der Waals surface area contributed by atoms with Gasteiger partial charge in [0.05, 0.1) is 29.7 Å². The Kier molecular flexibility index (Phi) is 6.10. The van der Waals surface area contributed by atoms with Crippen molar-refractivity contribution in [2.24, 2.45) is 7.05 Å². The second kappa shape index (κ2) is 8.09. The van der Waals surface area contributed by atoms with Gasteiger partial charge in [-0.3, -0.25) is 19.2 Å². The van der Waals surface area contributed by atoms with E-state index >= 15 is 0 Å². The molecule has 2 N–H and O–H groups in total. The van der Waals surface area contributed by atoms with Crippen LogP contribution in [0.1, 0.15) is 18.3 Å². The molecule has 1 aromatic carbocycles. The molecule has 0 spiro atoms. The van der Waals surface area contributed by atoms with Crippen molar-refractivity contribution in [3.05, 3.63) is 41.5 Å². The molecule has 0 aliphatic carbocycles. The summed E-state index contributed by atoms with van der Waals surface area (Å²) in [6.07, 6.45) is 0. The van der Waals surface area contributed by atoms with Crippen LogP contribution >= 0.6 is 0 Å². The Balaban J connectivity index is 1.94. The van der Waals surface area contributed by atoms with Crippen LogP contribution in [0.5, 0.6) is 0 Å². The van der Waals surface area contributed by atoms with E-state index in [4.69, 9.17) is 0 Å². The molecule has 26 heavy (non-hydrogen) atoms. The van der Waals surface area contributed by atoms with Gasteiger partial charge < -0.3 is 10.6 Å². The number of benzene rings is 1. The molecule has 1 aromatic heterocycles. The van der Waals surface area contributed by atoms with Gasteiger partial charge in [0.2, 0.25) is 11.8 Å². The first-order valence-electron chi connectivity index (χ1n) is 8.25. The van der Waals surface area contributed by atoms with Gasteiger partial charge in [-0.05, 0) is 46.0 Å². The van der Waals surface area contributed by atoms with Crippen molar-refractivity contribution in [3.63, 3.8) is 0 Å². The number of likely N-dealkylation sites (N-methyl/N-ethyl adjacent to an activating group) is 1. The highest BCUT2D eigenvalue weighted by molar-refractivity contribution is 5.96. The number of aryl methyl sites for hydroxylation is 2. The van der Waals surface area contributed by atoms with Gasteiger partial charge in [-0.1, -0.05) is 6.07 Å². The van der Waals surface area contributed by atoms with E-state index in [1.54, 1.807) is 29.6 Å². The molecule has 1 heterocycles. The fourth-order valence-corrected chi connectivity index (χ4v) is 2.51. The normalized spacial score (nSPS) is 12.1. The zero-order valence-corrected chi connectivity index (χ0v) is 15.6. The van der Waals surface area contributed by atoms with Crippen molar-refractivity contribution in [2.75, 3.05) is 24.2 Å². The predicted molar refractivity (Wildman–Crippen MR) is 98.4 cm³/mol. The lowest BCUT2D eigenvalue weighted by Crippen LogP contribution is -2.43. The number of halogens is 1. The summed E-state index contributed by atoms with van der Waals surface area (Å²) in [5.74, 6) is -0.983. The SMILES string of the molecule is Cc1nn(C)c(C)c1NC(=O)[C@@H](C)N(C)CC(=O)Nc1cccc(F)c1. The predicted octanol–water partition coefficient (Wildman–Crippen LogP) is 2.07. The summed E-state index contributed by atoms with van der Waals surface area (Å²) < 4.78 is 14.9. The van der Waals surface area contributed by atoms with Gasteiger partial charge >= 0.3 is 0 Å². The first-order valence-corrected chi connectivity index (χ1v) is 8.25. The van der Waals surface area contributed by atoms with Gasteiger partial charge in [-0.25, -0.2) is 4.39 Å². The Morgan fingerprint density at radius 3 is 2.58 bits per heavy atom. The van der Waals surface area contributed by atoms with Crippen LogP contribution in [0.2, 0.25) is 0 Å². The summed E-state index contributed by atoms with van der Waals surface area (Å²) in [5, 5.41) is 9.74. The number of carbonyl (C=O) groups is 2. The highest BCUT2D eigenvalue weighted by Gasteiger charge is 2.22. The molecule has 0 unspecified atom stereocenters. The van der Waals surface area contributed by atoms with Gasteiger partial charge in [0, 0.05) is 12.7 Å². The maximum atomic E-state index is 13.2. The number of anilines is 2. The summed E-state index contributed by atoms with van der Waals surface area (Å²) >= 11 is 0. The average Bonchev–Trinajstić information content (AvgIpc) is 2.80. The van der Waals surface area contributed by atoms with Gasteiger partial charge in [0.1, 0.15) is 5.82 Å². The summed E-state index contributed by atoms with van der Waals surface area (Å²) in [6.45, 7) is 5.40. The molecule has 2 aromatic rings. The number of rotatable bonds is 6. The first-order chi connectivity index (χ1) is 12.2. The van der Waals surface area contributed by atoms with E-state index < -0.39 is 11.9 Å². The topological polar surface area (TPSA) is 79.3 Å². The first kappa shape index (κ1) is 19.6. The Hall–Kier alpha value is -2.74. The van der Waals surface area contributed by atoms with Crippen LogP contribution in [0.3, 0.4) is 0 Å². The summed E-state index contributed by atoms with van der Waals surface area (Å²) in [6, 6.07) is 5.12. The number of aromatic nitrogens is 2. The third-order valence-corrected chi connectivity index (χ3v) is 4.30. The zero-order valence-electron chi connectivity index (χ0n) is 15.6. The minimum Gasteiger partial charge on any atom is -0.325 e. The number of hydrogen-bond donors (Lipinski definition) is 2. The zero-order chi connectivity index (χ0) is 19.4. The number of hydrogen-bond acceptors (Lipinski definition) is 4. The van der Waals surface area contributed by atoms with Crippen molar-refractivity contribution in [1.29, 1.82) is 0 Å². The molecule has 8 heteroatoms. The van der Waals surface area contributed by atoms with Gasteiger partial charge in [0.15, 0.2) is 0 Å². The molecule has 7 nitrogen and oxygen atoms in total. The monoisotopic (exact) mass is 361 g/mol. The third kappa shape index (κ3) is 4.66. The second-order valence-corrected chi connectivity index (χ2v) is 6.31. The minimum absolute atomic E-state index is 0.00387. The van der Waals surface area contributed by atoms with Crippen molar-refractivity contribution < 1.29 is 14.0 Å². The highest BCUT2D eigenvalue weighted by Crippen LogP contribution is 2.19. The van der Waals surface area contributed by atoms with Crippen LogP contribution in [0.25, 0.3) is 0 Å². The van der Waals surface area contributed by atoms with Gasteiger partial charge in [-0.15, -0.1) is 0 Å². The lowest BCUT2D eigenvalue weighted by molar-refractivity contribution is -0.122. The molecular weight excluding hydrogens is 337 g/mol. The largest absolute Gasteiger partial charge is 0.325 e. The van der Waals surface area contributed by atoms with Crippen LogP contribution < -0.4 is 10.6 Å². The quantitative estimate of drug-likeness (QED) is 0.826. The standard InChI is InChI=1S/C18H24FN5O2/c1-11-17(12(2)24(5)22-11)21-18(26)13(3)23(4)10-16(25)20-15-8-6-7-14(19)9-15/h6-9,13H,10H2,1-5H3,(H,20,25)(H,21,26)/t13-/m1/s1. The summed E-state index contributed by atoms with van der Waals surface area (Å²) in [5.41, 5.74) is 2.65. The number of carbonyl (C=O) groups excluding carboxylic acids is 2. The van der Waals surface area contributed by atoms with Crippen molar-refractivity contribution >= 4 is 23.2 Å². The molecule has 1 atom stereocenters. The molecular formula is C18H24FN5O2. The Morgan fingerprint density at radius 2 is 2.00 bits per heavy atom. The molecule has 0 radical (unpaired) electrons. The second-order valence-electron chi connectivity index (χ2n) is 6.31. The van der Waals surface area contributed by atoms with Crippen molar-refractivity contribution in [1.82, 2.24) is 14.7 Å². The fourth-order valence-electron chi connectivity index (χ4n) is 2.51. The van der Waals surface area contributed by atoms with Gasteiger partial charge in [0.25, 0.3) is 0 Å². The van der Waals surface area contributed by atoms with E-state index in [1.807, 2.05) is 20.9 Å².